The number of carbonyl (C=O) groups excluding carboxylic acids is 1. The SMILES string of the molecule is CC(=O)NCC1C=C(C)C(Cc2nc3ccc(C)cc3[nH]2)CC1C(C)C. The van der Waals surface area contributed by atoms with E-state index in [0.717, 1.165) is 36.2 Å². The molecule has 0 radical (unpaired) electrons. The molecule has 0 saturated carbocycles. The summed E-state index contributed by atoms with van der Waals surface area (Å²) >= 11 is 0. The van der Waals surface area contributed by atoms with Gasteiger partial charge in [0.1, 0.15) is 5.82 Å². The molecule has 2 N–H and O–H groups in total. The number of nitrogens with one attached hydrogen (secondary N) is 2. The van der Waals surface area contributed by atoms with Gasteiger partial charge >= 0.3 is 0 Å². The smallest absolute Gasteiger partial charge is 0.216 e. The molecule has 3 atom stereocenters. The largest absolute Gasteiger partial charge is 0.356 e. The molecular formula is C22H31N3O. The number of H-pyrrole nitrogens is 1. The molecule has 1 aliphatic rings. The Labute approximate surface area is 156 Å². The second-order valence-corrected chi connectivity index (χ2v) is 8.26. The predicted molar refractivity (Wildman–Crippen MR) is 107 cm³/mol. The minimum atomic E-state index is 0.0539. The summed E-state index contributed by atoms with van der Waals surface area (Å²) in [6.45, 7) is 11.3. The van der Waals surface area contributed by atoms with E-state index in [-0.39, 0.29) is 5.91 Å². The van der Waals surface area contributed by atoms with Crippen LogP contribution in [0.3, 0.4) is 0 Å². The topological polar surface area (TPSA) is 57.8 Å². The van der Waals surface area contributed by atoms with Gasteiger partial charge in [0.25, 0.3) is 0 Å². The molecule has 1 amide bonds. The molecule has 2 aromatic rings. The van der Waals surface area contributed by atoms with Gasteiger partial charge in [0.15, 0.2) is 0 Å². The zero-order valence-electron chi connectivity index (χ0n) is 16.6. The lowest BCUT2D eigenvalue weighted by Crippen LogP contribution is -2.36. The molecule has 1 heterocycles. The van der Waals surface area contributed by atoms with Crippen LogP contribution >= 0.6 is 0 Å². The van der Waals surface area contributed by atoms with Crippen molar-refractivity contribution in [3.05, 3.63) is 41.2 Å². The van der Waals surface area contributed by atoms with Crippen LogP contribution in [0.1, 0.15) is 45.5 Å². The summed E-state index contributed by atoms with van der Waals surface area (Å²) < 4.78 is 0. The summed E-state index contributed by atoms with van der Waals surface area (Å²) in [6, 6.07) is 6.37. The van der Waals surface area contributed by atoms with Gasteiger partial charge in [-0.3, -0.25) is 4.79 Å². The Bertz CT molecular complexity index is 818. The first-order valence-electron chi connectivity index (χ1n) is 9.71. The van der Waals surface area contributed by atoms with E-state index in [2.05, 4.69) is 62.3 Å². The molecule has 0 bridgehead atoms. The molecule has 0 aliphatic heterocycles. The van der Waals surface area contributed by atoms with Gasteiger partial charge in [-0.15, -0.1) is 0 Å². The van der Waals surface area contributed by atoms with Gasteiger partial charge in [-0.25, -0.2) is 4.98 Å². The number of allylic oxidation sites excluding steroid dienone is 1. The van der Waals surface area contributed by atoms with Crippen LogP contribution in [0.4, 0.5) is 0 Å². The van der Waals surface area contributed by atoms with Crippen LogP contribution in [0, 0.1) is 30.6 Å². The van der Waals surface area contributed by atoms with Crippen molar-refractivity contribution in [1.29, 1.82) is 0 Å². The predicted octanol–water partition coefficient (Wildman–Crippen LogP) is 4.40. The number of hydrogen-bond acceptors (Lipinski definition) is 2. The maximum absolute atomic E-state index is 11.3. The molecule has 26 heavy (non-hydrogen) atoms. The van der Waals surface area contributed by atoms with Crippen LogP contribution in [0.25, 0.3) is 11.0 Å². The quantitative estimate of drug-likeness (QED) is 0.783. The van der Waals surface area contributed by atoms with E-state index in [1.807, 2.05) is 0 Å². The van der Waals surface area contributed by atoms with Crippen LogP contribution in [0.15, 0.2) is 29.8 Å². The monoisotopic (exact) mass is 353 g/mol. The average Bonchev–Trinajstić information content (AvgIpc) is 2.96. The highest BCUT2D eigenvalue weighted by Crippen LogP contribution is 2.38. The van der Waals surface area contributed by atoms with Crippen molar-refractivity contribution < 1.29 is 4.79 Å². The van der Waals surface area contributed by atoms with Gasteiger partial charge in [0, 0.05) is 19.9 Å². The van der Waals surface area contributed by atoms with E-state index < -0.39 is 0 Å². The maximum atomic E-state index is 11.3. The number of hydrogen-bond donors (Lipinski definition) is 2. The van der Waals surface area contributed by atoms with Crippen molar-refractivity contribution in [2.75, 3.05) is 6.54 Å². The lowest BCUT2D eigenvalue weighted by atomic mass is 9.70. The number of imidazole rings is 1. The summed E-state index contributed by atoms with van der Waals surface area (Å²) in [6.07, 6.45) is 4.49. The first-order chi connectivity index (χ1) is 12.3. The zero-order chi connectivity index (χ0) is 18.8. The van der Waals surface area contributed by atoms with Crippen molar-refractivity contribution in [1.82, 2.24) is 15.3 Å². The first kappa shape index (κ1) is 18.7. The standard InChI is InChI=1S/C22H31N3O/c1-13(2)19-10-17(15(4)9-18(19)12-23-16(5)26)11-22-24-20-7-6-14(3)8-21(20)25-22/h6-9,13,17-19H,10-12H2,1-5H3,(H,23,26)(H,24,25). The van der Waals surface area contributed by atoms with Crippen molar-refractivity contribution in [2.45, 2.75) is 47.5 Å². The third-order valence-electron chi connectivity index (χ3n) is 5.80. The normalized spacial score (nSPS) is 23.3. The molecule has 0 fully saturated rings. The minimum absolute atomic E-state index is 0.0539. The van der Waals surface area contributed by atoms with Gasteiger partial charge in [-0.2, -0.15) is 0 Å². The van der Waals surface area contributed by atoms with Crippen molar-refractivity contribution in [2.24, 2.45) is 23.7 Å². The fraction of sp³-hybridized carbons (Fsp3) is 0.545. The Balaban J connectivity index is 1.78. The number of carbonyl (C=O) groups is 1. The summed E-state index contributed by atoms with van der Waals surface area (Å²) in [7, 11) is 0. The molecular weight excluding hydrogens is 322 g/mol. The highest BCUT2D eigenvalue weighted by atomic mass is 16.1. The second-order valence-electron chi connectivity index (χ2n) is 8.26. The number of benzene rings is 1. The average molecular weight is 354 g/mol. The lowest BCUT2D eigenvalue weighted by Gasteiger charge is -2.37. The maximum Gasteiger partial charge on any atom is 0.216 e. The number of nitrogens with zero attached hydrogens (tertiary/aromatic N) is 1. The van der Waals surface area contributed by atoms with E-state index in [1.165, 1.54) is 11.1 Å². The Morgan fingerprint density at radius 2 is 2.12 bits per heavy atom. The number of amides is 1. The molecule has 0 spiro atoms. The zero-order valence-corrected chi connectivity index (χ0v) is 16.6. The highest BCUT2D eigenvalue weighted by molar-refractivity contribution is 5.75. The van der Waals surface area contributed by atoms with Crippen LogP contribution in [0.5, 0.6) is 0 Å². The van der Waals surface area contributed by atoms with Crippen molar-refractivity contribution in [3.8, 4) is 0 Å². The third-order valence-corrected chi connectivity index (χ3v) is 5.80. The second kappa shape index (κ2) is 7.65. The van der Waals surface area contributed by atoms with E-state index in [0.29, 0.717) is 23.7 Å². The fourth-order valence-corrected chi connectivity index (χ4v) is 4.28. The highest BCUT2D eigenvalue weighted by Gasteiger charge is 2.32. The van der Waals surface area contributed by atoms with Crippen LogP contribution in [-0.4, -0.2) is 22.4 Å². The molecule has 1 aromatic heterocycles. The van der Waals surface area contributed by atoms with Crippen LogP contribution in [-0.2, 0) is 11.2 Å². The minimum Gasteiger partial charge on any atom is -0.356 e. The Kier molecular flexibility index (Phi) is 5.49. The van der Waals surface area contributed by atoms with Gasteiger partial charge < -0.3 is 10.3 Å². The van der Waals surface area contributed by atoms with E-state index in [1.54, 1.807) is 6.92 Å². The molecule has 140 valence electrons. The van der Waals surface area contributed by atoms with Crippen molar-refractivity contribution >= 4 is 16.9 Å². The molecule has 1 aliphatic carbocycles. The lowest BCUT2D eigenvalue weighted by molar-refractivity contribution is -0.119. The van der Waals surface area contributed by atoms with Crippen LogP contribution in [0.2, 0.25) is 0 Å². The van der Waals surface area contributed by atoms with E-state index in [9.17, 15) is 4.79 Å². The number of fused-ring (bicyclic) bond motifs is 1. The van der Waals surface area contributed by atoms with E-state index >= 15 is 0 Å². The third kappa shape index (κ3) is 4.17. The molecule has 4 nitrogen and oxygen atoms in total. The van der Waals surface area contributed by atoms with Gasteiger partial charge in [-0.05, 0) is 61.6 Å². The molecule has 3 rings (SSSR count). The number of aromatic nitrogens is 2. The van der Waals surface area contributed by atoms with E-state index in [4.69, 9.17) is 4.98 Å². The summed E-state index contributed by atoms with van der Waals surface area (Å²) in [5.74, 6) is 3.25. The number of rotatable bonds is 5. The summed E-state index contributed by atoms with van der Waals surface area (Å²) in [4.78, 5) is 19.6. The van der Waals surface area contributed by atoms with Gasteiger partial charge in [-0.1, -0.05) is 31.6 Å². The summed E-state index contributed by atoms with van der Waals surface area (Å²) in [5, 5.41) is 3.01. The summed E-state index contributed by atoms with van der Waals surface area (Å²) in [5.41, 5.74) is 4.85. The molecule has 0 saturated heterocycles. The number of aromatic amines is 1. The van der Waals surface area contributed by atoms with Gasteiger partial charge in [0.05, 0.1) is 11.0 Å². The fourth-order valence-electron chi connectivity index (χ4n) is 4.28. The first-order valence-corrected chi connectivity index (χ1v) is 9.71. The molecule has 3 unspecified atom stereocenters. The van der Waals surface area contributed by atoms with Gasteiger partial charge in [0.2, 0.25) is 5.91 Å². The molecule has 4 heteroatoms. The Morgan fingerprint density at radius 1 is 1.35 bits per heavy atom. The Morgan fingerprint density at radius 3 is 2.81 bits per heavy atom. The number of aryl methyl sites for hydroxylation is 1. The van der Waals surface area contributed by atoms with Crippen molar-refractivity contribution in [3.63, 3.8) is 0 Å². The van der Waals surface area contributed by atoms with Crippen LogP contribution < -0.4 is 5.32 Å². The molecule has 1 aromatic carbocycles. The Hall–Kier alpha value is -2.10.